The smallest absolute Gasteiger partial charge is 0.0159 e. The van der Waals surface area contributed by atoms with E-state index in [2.05, 4.69) is 97.1 Å². The quantitative estimate of drug-likeness (QED) is 0.333. The van der Waals surface area contributed by atoms with E-state index in [9.17, 15) is 0 Å². The number of fused-ring (bicyclic) bond motifs is 3. The highest BCUT2D eigenvalue weighted by molar-refractivity contribution is 14.1. The Morgan fingerprint density at radius 3 is 2.58 bits per heavy atom. The number of rotatable bonds is 4. The molecule has 134 valence electrons. The van der Waals surface area contributed by atoms with Crippen LogP contribution in [0.4, 0.5) is 0 Å². The van der Waals surface area contributed by atoms with E-state index in [0.717, 1.165) is 12.3 Å². The Balaban J connectivity index is 1.51. The van der Waals surface area contributed by atoms with Crippen LogP contribution in [0.2, 0.25) is 0 Å². The molecule has 1 unspecified atom stereocenters. The van der Waals surface area contributed by atoms with Crippen LogP contribution in [0, 0.1) is 9.49 Å². The lowest BCUT2D eigenvalue weighted by Crippen LogP contribution is -2.15. The third-order valence-corrected chi connectivity index (χ3v) is 6.69. The van der Waals surface area contributed by atoms with Gasteiger partial charge in [0.25, 0.3) is 0 Å². The van der Waals surface area contributed by atoms with Gasteiger partial charge in [0.05, 0.1) is 0 Å². The topological polar surface area (TPSA) is 0 Å². The molecule has 26 heavy (non-hydrogen) atoms. The minimum atomic E-state index is 0.0957. The summed E-state index contributed by atoms with van der Waals surface area (Å²) in [5.74, 6) is 0.760. The molecule has 1 heteroatoms. The molecule has 0 N–H and O–H groups in total. The maximum atomic E-state index is 2.44. The van der Waals surface area contributed by atoms with E-state index in [4.69, 9.17) is 0 Å². The molecule has 2 aliphatic carbocycles. The number of allylic oxidation sites excluding steroid dienone is 4. The van der Waals surface area contributed by atoms with Crippen LogP contribution in [0.5, 0.6) is 0 Å². The summed E-state index contributed by atoms with van der Waals surface area (Å²) in [7, 11) is 0. The van der Waals surface area contributed by atoms with Crippen molar-refractivity contribution in [1.82, 2.24) is 0 Å². The molecule has 2 aromatic rings. The van der Waals surface area contributed by atoms with Crippen LogP contribution in [0.1, 0.15) is 56.2 Å². The molecule has 0 heterocycles. The van der Waals surface area contributed by atoms with Crippen molar-refractivity contribution in [2.45, 2.75) is 51.4 Å². The van der Waals surface area contributed by atoms with E-state index >= 15 is 0 Å². The Morgan fingerprint density at radius 2 is 1.81 bits per heavy atom. The zero-order chi connectivity index (χ0) is 18.1. The third-order valence-electron chi connectivity index (χ3n) is 6.02. The summed E-state index contributed by atoms with van der Waals surface area (Å²) in [4.78, 5) is 0. The molecule has 0 nitrogen and oxygen atoms in total. The zero-order valence-electron chi connectivity index (χ0n) is 15.8. The lowest BCUT2D eigenvalue weighted by molar-refractivity contribution is 0.547. The van der Waals surface area contributed by atoms with Gasteiger partial charge in [0, 0.05) is 8.99 Å². The molecule has 2 aromatic carbocycles. The van der Waals surface area contributed by atoms with Crippen molar-refractivity contribution in [2.24, 2.45) is 5.92 Å². The summed E-state index contributed by atoms with van der Waals surface area (Å²) in [6.07, 6.45) is 15.7. The first kappa shape index (κ1) is 18.0. The molecule has 0 aromatic heterocycles. The minimum Gasteiger partial charge on any atom is -0.0882 e. The molecular weight excluding hydrogens is 427 g/mol. The van der Waals surface area contributed by atoms with Gasteiger partial charge in [0.15, 0.2) is 0 Å². The zero-order valence-corrected chi connectivity index (χ0v) is 17.9. The van der Waals surface area contributed by atoms with Gasteiger partial charge in [-0.25, -0.2) is 0 Å². The second-order valence-electron chi connectivity index (χ2n) is 8.23. The lowest BCUT2D eigenvalue weighted by Gasteiger charge is -2.22. The molecule has 0 saturated carbocycles. The summed E-state index contributed by atoms with van der Waals surface area (Å²) >= 11 is 2.42. The third kappa shape index (κ3) is 3.43. The van der Waals surface area contributed by atoms with Crippen LogP contribution < -0.4 is 0 Å². The first-order valence-electron chi connectivity index (χ1n) is 9.81. The van der Waals surface area contributed by atoms with Crippen LogP contribution >= 0.6 is 22.6 Å². The highest BCUT2D eigenvalue weighted by atomic mass is 127. The van der Waals surface area contributed by atoms with E-state index in [1.807, 2.05) is 0 Å². The van der Waals surface area contributed by atoms with E-state index in [1.165, 1.54) is 57.1 Å². The van der Waals surface area contributed by atoms with Crippen LogP contribution in [0.25, 0.3) is 11.1 Å². The van der Waals surface area contributed by atoms with Gasteiger partial charge in [-0.3, -0.25) is 0 Å². The van der Waals surface area contributed by atoms with Gasteiger partial charge >= 0.3 is 0 Å². The first-order valence-corrected chi connectivity index (χ1v) is 10.9. The number of hydrogen-bond donors (Lipinski definition) is 0. The largest absolute Gasteiger partial charge is 0.0882 e. The summed E-state index contributed by atoms with van der Waals surface area (Å²) in [5.41, 5.74) is 7.30. The molecule has 0 spiro atoms. The maximum absolute atomic E-state index is 2.44. The molecule has 4 rings (SSSR count). The fourth-order valence-corrected chi connectivity index (χ4v) is 4.94. The summed E-state index contributed by atoms with van der Waals surface area (Å²) in [6, 6.07) is 14.0. The predicted octanol–water partition coefficient (Wildman–Crippen LogP) is 7.44. The van der Waals surface area contributed by atoms with Crippen molar-refractivity contribution < 1.29 is 0 Å². The predicted molar refractivity (Wildman–Crippen MR) is 121 cm³/mol. The van der Waals surface area contributed by atoms with E-state index in [-0.39, 0.29) is 5.41 Å². The Hall–Kier alpha value is -1.35. The summed E-state index contributed by atoms with van der Waals surface area (Å²) in [5, 5.41) is 0. The van der Waals surface area contributed by atoms with Crippen molar-refractivity contribution in [1.29, 1.82) is 0 Å². The molecule has 2 aliphatic rings. The van der Waals surface area contributed by atoms with Crippen molar-refractivity contribution in [3.63, 3.8) is 0 Å². The van der Waals surface area contributed by atoms with Gasteiger partial charge in [0.1, 0.15) is 0 Å². The van der Waals surface area contributed by atoms with Crippen molar-refractivity contribution in [3.8, 4) is 11.1 Å². The van der Waals surface area contributed by atoms with Crippen LogP contribution in [-0.2, 0) is 11.8 Å². The average molecular weight is 454 g/mol. The van der Waals surface area contributed by atoms with Crippen molar-refractivity contribution >= 4 is 22.6 Å². The van der Waals surface area contributed by atoms with Crippen molar-refractivity contribution in [3.05, 3.63) is 81.0 Å². The highest BCUT2D eigenvalue weighted by Crippen LogP contribution is 2.49. The van der Waals surface area contributed by atoms with Gasteiger partial charge in [-0.15, -0.1) is 0 Å². The second-order valence-corrected chi connectivity index (χ2v) is 9.47. The summed E-state index contributed by atoms with van der Waals surface area (Å²) < 4.78 is 1.32. The van der Waals surface area contributed by atoms with Gasteiger partial charge in [0.2, 0.25) is 0 Å². The average Bonchev–Trinajstić information content (AvgIpc) is 2.87. The molecule has 0 amide bonds. The van der Waals surface area contributed by atoms with E-state index < -0.39 is 0 Å². The molecule has 0 saturated heterocycles. The molecule has 1 atom stereocenters. The molecule has 0 aliphatic heterocycles. The first-order chi connectivity index (χ1) is 12.6. The Morgan fingerprint density at radius 1 is 1.04 bits per heavy atom. The Labute approximate surface area is 171 Å². The molecule has 0 bridgehead atoms. The number of halogens is 1. The van der Waals surface area contributed by atoms with Gasteiger partial charge in [-0.05, 0) is 101 Å². The minimum absolute atomic E-state index is 0.0957. The molecule has 0 fully saturated rings. The van der Waals surface area contributed by atoms with Crippen LogP contribution in [-0.4, -0.2) is 0 Å². The highest BCUT2D eigenvalue weighted by Gasteiger charge is 2.35. The van der Waals surface area contributed by atoms with Crippen LogP contribution in [0.15, 0.2) is 60.7 Å². The van der Waals surface area contributed by atoms with Gasteiger partial charge in [-0.2, -0.15) is 0 Å². The fraction of sp³-hybridized carbons (Fsp3) is 0.360. The van der Waals surface area contributed by atoms with Gasteiger partial charge < -0.3 is 0 Å². The number of benzene rings is 2. The van der Waals surface area contributed by atoms with E-state index in [0.29, 0.717) is 0 Å². The lowest BCUT2D eigenvalue weighted by atomic mass is 9.82. The summed E-state index contributed by atoms with van der Waals surface area (Å²) in [6.45, 7) is 4.73. The maximum Gasteiger partial charge on any atom is 0.0159 e. The normalized spacial score (nSPS) is 20.3. The van der Waals surface area contributed by atoms with E-state index in [1.54, 1.807) is 0 Å². The van der Waals surface area contributed by atoms with Crippen molar-refractivity contribution in [2.75, 3.05) is 0 Å². The van der Waals surface area contributed by atoms with Gasteiger partial charge in [-0.1, -0.05) is 62.4 Å². The monoisotopic (exact) mass is 454 g/mol. The fourth-order valence-electron chi connectivity index (χ4n) is 4.45. The number of hydrogen-bond acceptors (Lipinski definition) is 0. The Bertz CT molecular complexity index is 870. The standard InChI is InChI=1S/C25H27I/c1-25(2)23-16-19(11-7-6-10-18-8-4-3-5-9-18)12-14-21(23)22-15-13-20(26)17-24(22)25/h4,6-8,12-18H,3,5,9-11H2,1-2H3/b7-6-. The Kier molecular flexibility index (Phi) is 5.09. The SMILES string of the molecule is CC1(C)c2cc(I)ccc2-c2ccc(C/C=C\CC3C=CCCC3)cc21. The second kappa shape index (κ2) is 7.34. The molecule has 0 radical (unpaired) electrons. The molecular formula is C25H27I. The van der Waals surface area contributed by atoms with Crippen LogP contribution in [0.3, 0.4) is 0 Å².